The van der Waals surface area contributed by atoms with E-state index < -0.39 is 0 Å². The summed E-state index contributed by atoms with van der Waals surface area (Å²) in [6.45, 7) is 4.90. The van der Waals surface area contributed by atoms with Gasteiger partial charge < -0.3 is 4.90 Å². The topological polar surface area (TPSA) is 20.3 Å². The number of amides is 1. The van der Waals surface area contributed by atoms with Gasteiger partial charge in [-0.2, -0.15) is 0 Å². The zero-order valence-corrected chi connectivity index (χ0v) is 12.3. The second kappa shape index (κ2) is 4.62. The van der Waals surface area contributed by atoms with E-state index in [1.807, 2.05) is 29.2 Å². The maximum absolute atomic E-state index is 11.9. The van der Waals surface area contributed by atoms with Crippen molar-refractivity contribution in [2.45, 2.75) is 30.6 Å². The van der Waals surface area contributed by atoms with Crippen LogP contribution in [0.25, 0.3) is 0 Å². The summed E-state index contributed by atoms with van der Waals surface area (Å²) in [5.41, 5.74) is 0.821. The highest BCUT2D eigenvalue weighted by atomic mass is 79.9. The smallest absolute Gasteiger partial charge is 0.224 e. The first-order chi connectivity index (χ1) is 7.91. The van der Waals surface area contributed by atoms with E-state index in [1.165, 1.54) is 0 Å². The zero-order chi connectivity index (χ0) is 12.6. The third-order valence-electron chi connectivity index (χ3n) is 3.30. The Labute approximate surface area is 115 Å². The molecule has 1 amide bonds. The number of rotatable bonds is 2. The van der Waals surface area contributed by atoms with E-state index in [9.17, 15) is 4.79 Å². The third-order valence-corrected chi connectivity index (χ3v) is 4.17. The highest BCUT2D eigenvalue weighted by Gasteiger charge is 2.38. The molecule has 1 fully saturated rings. The van der Waals surface area contributed by atoms with Gasteiger partial charge in [-0.05, 0) is 31.5 Å². The molecule has 1 heterocycles. The molecule has 0 N–H and O–H groups in total. The lowest BCUT2D eigenvalue weighted by molar-refractivity contribution is -0.132. The van der Waals surface area contributed by atoms with E-state index in [4.69, 9.17) is 11.6 Å². The maximum atomic E-state index is 11.9. The van der Waals surface area contributed by atoms with Crippen molar-refractivity contribution in [1.82, 2.24) is 4.90 Å². The van der Waals surface area contributed by atoms with Gasteiger partial charge in [-0.15, -0.1) is 0 Å². The molecule has 1 unspecified atom stereocenters. The number of nitrogens with zero attached hydrogens (tertiary/aromatic N) is 1. The Morgan fingerprint density at radius 2 is 1.94 bits per heavy atom. The first kappa shape index (κ1) is 12.9. The van der Waals surface area contributed by atoms with E-state index in [1.54, 1.807) is 0 Å². The van der Waals surface area contributed by atoms with Crippen LogP contribution in [0.5, 0.6) is 0 Å². The van der Waals surface area contributed by atoms with Crippen LogP contribution in [0.2, 0.25) is 5.02 Å². The Balaban J connectivity index is 2.29. The van der Waals surface area contributed by atoms with Gasteiger partial charge in [0.1, 0.15) is 0 Å². The Hall–Kier alpha value is -0.540. The molecule has 1 aromatic carbocycles. The fraction of sp³-hybridized carbons (Fsp3) is 0.462. The standard InChI is InChI=1S/C13H15BrClNO/c1-13(2,9-3-5-11(15)6-4-9)16-8-10(14)7-12(16)17/h3-6,10H,7-8H2,1-2H3. The van der Waals surface area contributed by atoms with Gasteiger partial charge in [-0.25, -0.2) is 0 Å². The summed E-state index contributed by atoms with van der Waals surface area (Å²) >= 11 is 9.40. The minimum Gasteiger partial charge on any atom is -0.332 e. The van der Waals surface area contributed by atoms with Crippen molar-refractivity contribution < 1.29 is 4.79 Å². The monoisotopic (exact) mass is 315 g/mol. The molecule has 0 bridgehead atoms. The van der Waals surface area contributed by atoms with Gasteiger partial charge in [0.2, 0.25) is 5.91 Å². The van der Waals surface area contributed by atoms with Crippen LogP contribution in [0.4, 0.5) is 0 Å². The number of carbonyl (C=O) groups is 1. The summed E-state index contributed by atoms with van der Waals surface area (Å²) in [6, 6.07) is 7.70. The van der Waals surface area contributed by atoms with Crippen LogP contribution in [0, 0.1) is 0 Å². The lowest BCUT2D eigenvalue weighted by atomic mass is 9.92. The van der Waals surface area contributed by atoms with Crippen molar-refractivity contribution in [1.29, 1.82) is 0 Å². The molecule has 2 rings (SSSR count). The summed E-state index contributed by atoms with van der Waals surface area (Å²) in [5, 5.41) is 0.718. The average molecular weight is 317 g/mol. The largest absolute Gasteiger partial charge is 0.332 e. The predicted octanol–water partition coefficient (Wildman–Crippen LogP) is 3.57. The molecule has 4 heteroatoms. The SMILES string of the molecule is CC(C)(c1ccc(Cl)cc1)N1CC(Br)CC1=O. The minimum absolute atomic E-state index is 0.201. The van der Waals surface area contributed by atoms with Crippen molar-refractivity contribution >= 4 is 33.4 Å². The lowest BCUT2D eigenvalue weighted by Gasteiger charge is -2.36. The number of halogens is 2. The number of carbonyl (C=O) groups excluding carboxylic acids is 1. The summed E-state index contributed by atoms with van der Waals surface area (Å²) in [7, 11) is 0. The summed E-state index contributed by atoms with van der Waals surface area (Å²) in [4.78, 5) is 14.1. The van der Waals surface area contributed by atoms with Gasteiger partial charge in [0, 0.05) is 22.8 Å². The number of hydrogen-bond donors (Lipinski definition) is 0. The number of alkyl halides is 1. The van der Waals surface area contributed by atoms with Crippen LogP contribution >= 0.6 is 27.5 Å². The Bertz CT molecular complexity index is 430. The highest BCUT2D eigenvalue weighted by molar-refractivity contribution is 9.09. The van der Waals surface area contributed by atoms with Crippen LogP contribution in [0.1, 0.15) is 25.8 Å². The molecule has 0 spiro atoms. The fourth-order valence-corrected chi connectivity index (χ4v) is 2.91. The Morgan fingerprint density at radius 1 is 1.35 bits per heavy atom. The lowest BCUT2D eigenvalue weighted by Crippen LogP contribution is -2.42. The van der Waals surface area contributed by atoms with Gasteiger partial charge in [-0.3, -0.25) is 4.79 Å². The normalized spacial score (nSPS) is 21.1. The van der Waals surface area contributed by atoms with E-state index >= 15 is 0 Å². The first-order valence-corrected chi connectivity index (χ1v) is 6.91. The summed E-state index contributed by atoms with van der Waals surface area (Å²) < 4.78 is 0. The second-order valence-electron chi connectivity index (χ2n) is 4.87. The van der Waals surface area contributed by atoms with E-state index in [0.717, 1.165) is 17.1 Å². The van der Waals surface area contributed by atoms with Gasteiger partial charge in [0.25, 0.3) is 0 Å². The quantitative estimate of drug-likeness (QED) is 0.764. The predicted molar refractivity (Wildman–Crippen MR) is 73.5 cm³/mol. The number of hydrogen-bond acceptors (Lipinski definition) is 1. The first-order valence-electron chi connectivity index (χ1n) is 5.62. The van der Waals surface area contributed by atoms with E-state index in [-0.39, 0.29) is 16.3 Å². The van der Waals surface area contributed by atoms with Gasteiger partial charge in [-0.1, -0.05) is 39.7 Å². The zero-order valence-electron chi connectivity index (χ0n) is 9.91. The highest BCUT2D eigenvalue weighted by Crippen LogP contribution is 2.34. The van der Waals surface area contributed by atoms with Crippen LogP contribution in [0.15, 0.2) is 24.3 Å². The summed E-state index contributed by atoms with van der Waals surface area (Å²) in [5.74, 6) is 0.201. The molecule has 0 aromatic heterocycles. The number of likely N-dealkylation sites (tertiary alicyclic amines) is 1. The molecular formula is C13H15BrClNO. The van der Waals surface area contributed by atoms with Gasteiger partial charge in [0.15, 0.2) is 0 Å². The van der Waals surface area contributed by atoms with Crippen molar-refractivity contribution in [3.8, 4) is 0 Å². The van der Waals surface area contributed by atoms with Crippen molar-refractivity contribution in [2.75, 3.05) is 6.54 Å². The van der Waals surface area contributed by atoms with Gasteiger partial charge >= 0.3 is 0 Å². The third kappa shape index (κ3) is 2.50. The molecule has 92 valence electrons. The Morgan fingerprint density at radius 3 is 2.41 bits per heavy atom. The molecule has 1 atom stereocenters. The fourth-order valence-electron chi connectivity index (χ4n) is 2.22. The molecule has 17 heavy (non-hydrogen) atoms. The molecule has 1 aliphatic heterocycles. The summed E-state index contributed by atoms with van der Waals surface area (Å²) in [6.07, 6.45) is 0.580. The molecule has 1 aliphatic rings. The van der Waals surface area contributed by atoms with Crippen LogP contribution in [-0.2, 0) is 10.3 Å². The Kier molecular flexibility index (Phi) is 3.50. The van der Waals surface area contributed by atoms with E-state index in [0.29, 0.717) is 6.42 Å². The van der Waals surface area contributed by atoms with Crippen molar-refractivity contribution in [2.24, 2.45) is 0 Å². The molecular weight excluding hydrogens is 302 g/mol. The van der Waals surface area contributed by atoms with Gasteiger partial charge in [0.05, 0.1) is 5.54 Å². The van der Waals surface area contributed by atoms with Crippen molar-refractivity contribution in [3.63, 3.8) is 0 Å². The molecule has 2 nitrogen and oxygen atoms in total. The molecule has 0 radical (unpaired) electrons. The molecule has 1 saturated heterocycles. The average Bonchev–Trinajstić information content (AvgIpc) is 2.59. The number of benzene rings is 1. The minimum atomic E-state index is -0.288. The van der Waals surface area contributed by atoms with Crippen LogP contribution in [0.3, 0.4) is 0 Å². The van der Waals surface area contributed by atoms with Crippen molar-refractivity contribution in [3.05, 3.63) is 34.9 Å². The van der Waals surface area contributed by atoms with E-state index in [2.05, 4.69) is 29.8 Å². The molecule has 0 saturated carbocycles. The molecule has 0 aliphatic carbocycles. The second-order valence-corrected chi connectivity index (χ2v) is 6.60. The molecule has 1 aromatic rings. The maximum Gasteiger partial charge on any atom is 0.224 e. The van der Waals surface area contributed by atoms with Crippen LogP contribution in [-0.4, -0.2) is 22.2 Å². The van der Waals surface area contributed by atoms with Crippen LogP contribution < -0.4 is 0 Å².